The highest BCUT2D eigenvalue weighted by Crippen LogP contribution is 2.34. The van der Waals surface area contributed by atoms with Crippen LogP contribution >= 0.6 is 0 Å². The number of carbonyl (C=O) groups is 1. The summed E-state index contributed by atoms with van der Waals surface area (Å²) in [5.74, 6) is -0.152. The molecule has 4 rings (SSSR count). The third kappa shape index (κ3) is 3.29. The van der Waals surface area contributed by atoms with E-state index in [0.29, 0.717) is 23.8 Å². The zero-order valence-corrected chi connectivity index (χ0v) is 14.6. The fourth-order valence-corrected chi connectivity index (χ4v) is 3.13. The van der Waals surface area contributed by atoms with E-state index in [-0.39, 0.29) is 11.7 Å². The average molecular weight is 364 g/mol. The van der Waals surface area contributed by atoms with Crippen LogP contribution in [-0.2, 0) is 11.3 Å². The number of allylic oxidation sites excluding steroid dienone is 1. The minimum atomic E-state index is -0.548. The number of anilines is 1. The number of rotatable bonds is 4. The van der Waals surface area contributed by atoms with Crippen molar-refractivity contribution in [2.45, 2.75) is 19.5 Å². The summed E-state index contributed by atoms with van der Waals surface area (Å²) in [5.41, 5.74) is 2.85. The predicted molar refractivity (Wildman–Crippen MR) is 97.0 cm³/mol. The van der Waals surface area contributed by atoms with Crippen molar-refractivity contribution < 1.29 is 9.18 Å². The number of aromatic nitrogens is 4. The number of tetrazole rings is 1. The van der Waals surface area contributed by atoms with Crippen molar-refractivity contribution in [3.8, 4) is 0 Å². The lowest BCUT2D eigenvalue weighted by Crippen LogP contribution is -2.34. The fourth-order valence-electron chi connectivity index (χ4n) is 3.13. The molecule has 2 aromatic carbocycles. The number of fused-ring (bicyclic) bond motifs is 1. The van der Waals surface area contributed by atoms with Crippen LogP contribution in [0, 0.1) is 5.82 Å². The molecule has 0 saturated carbocycles. The summed E-state index contributed by atoms with van der Waals surface area (Å²) in [6.07, 6.45) is 0. The van der Waals surface area contributed by atoms with Crippen LogP contribution in [0.25, 0.3) is 0 Å². The summed E-state index contributed by atoms with van der Waals surface area (Å²) in [5, 5.41) is 17.6. The molecule has 0 unspecified atom stereocenters. The van der Waals surface area contributed by atoms with Crippen molar-refractivity contribution in [1.82, 2.24) is 25.5 Å². The number of hydrogen-bond donors (Lipinski definition) is 2. The molecule has 0 fully saturated rings. The maximum Gasteiger partial charge on any atom is 0.251 e. The van der Waals surface area contributed by atoms with E-state index < -0.39 is 6.04 Å². The molecule has 27 heavy (non-hydrogen) atoms. The molecule has 7 nitrogen and oxygen atoms in total. The minimum absolute atomic E-state index is 0.237. The van der Waals surface area contributed by atoms with Crippen LogP contribution in [-0.4, -0.2) is 26.1 Å². The van der Waals surface area contributed by atoms with Crippen LogP contribution in [0.3, 0.4) is 0 Å². The first-order chi connectivity index (χ1) is 13.1. The second kappa shape index (κ2) is 6.99. The molecule has 136 valence electrons. The highest BCUT2D eigenvalue weighted by atomic mass is 19.1. The SMILES string of the molecule is CC1=C(C(=O)NCc2ccccc2)[C@@H](c2ccc(F)cc2)n2nnnc2N1. The zero-order chi connectivity index (χ0) is 18.8. The first-order valence-electron chi connectivity index (χ1n) is 8.47. The lowest BCUT2D eigenvalue weighted by molar-refractivity contribution is -0.118. The number of halogens is 1. The lowest BCUT2D eigenvalue weighted by atomic mass is 9.95. The topological polar surface area (TPSA) is 84.7 Å². The molecule has 2 heterocycles. The van der Waals surface area contributed by atoms with Crippen LogP contribution in [0.4, 0.5) is 10.3 Å². The van der Waals surface area contributed by atoms with E-state index in [0.717, 1.165) is 11.1 Å². The molecule has 0 radical (unpaired) electrons. The van der Waals surface area contributed by atoms with E-state index >= 15 is 0 Å². The molecule has 1 atom stereocenters. The van der Waals surface area contributed by atoms with E-state index in [1.807, 2.05) is 30.3 Å². The first kappa shape index (κ1) is 16.9. The Labute approximate surface area is 154 Å². The number of nitrogens with zero attached hydrogens (tertiary/aromatic N) is 4. The summed E-state index contributed by atoms with van der Waals surface area (Å²) in [6, 6.07) is 15.1. The largest absolute Gasteiger partial charge is 0.348 e. The van der Waals surface area contributed by atoms with Crippen LogP contribution < -0.4 is 10.6 Å². The average Bonchev–Trinajstić information content (AvgIpc) is 3.14. The molecule has 0 spiro atoms. The van der Waals surface area contributed by atoms with Gasteiger partial charge in [-0.1, -0.05) is 47.6 Å². The van der Waals surface area contributed by atoms with Crippen LogP contribution in [0.1, 0.15) is 24.1 Å². The highest BCUT2D eigenvalue weighted by molar-refractivity contribution is 5.96. The summed E-state index contributed by atoms with van der Waals surface area (Å²) in [6.45, 7) is 2.20. The zero-order valence-electron chi connectivity index (χ0n) is 14.6. The van der Waals surface area contributed by atoms with Gasteiger partial charge in [0.15, 0.2) is 0 Å². The van der Waals surface area contributed by atoms with Gasteiger partial charge in [0.2, 0.25) is 5.95 Å². The monoisotopic (exact) mass is 364 g/mol. The van der Waals surface area contributed by atoms with Gasteiger partial charge in [0.25, 0.3) is 5.91 Å². The quantitative estimate of drug-likeness (QED) is 0.743. The Morgan fingerprint density at radius 2 is 1.93 bits per heavy atom. The smallest absolute Gasteiger partial charge is 0.251 e. The Balaban J connectivity index is 1.67. The van der Waals surface area contributed by atoms with Gasteiger partial charge in [-0.2, -0.15) is 4.68 Å². The normalized spacial score (nSPS) is 15.9. The van der Waals surface area contributed by atoms with Crippen molar-refractivity contribution in [2.24, 2.45) is 0 Å². The lowest BCUT2D eigenvalue weighted by Gasteiger charge is -2.28. The Hall–Kier alpha value is -3.55. The second-order valence-corrected chi connectivity index (χ2v) is 6.23. The molecule has 1 aromatic heterocycles. The number of nitrogens with one attached hydrogen (secondary N) is 2. The van der Waals surface area contributed by atoms with E-state index in [4.69, 9.17) is 0 Å². The van der Waals surface area contributed by atoms with Gasteiger partial charge < -0.3 is 10.6 Å². The van der Waals surface area contributed by atoms with Gasteiger partial charge in [-0.25, -0.2) is 4.39 Å². The van der Waals surface area contributed by atoms with E-state index in [1.54, 1.807) is 19.1 Å². The summed E-state index contributed by atoms with van der Waals surface area (Å²) < 4.78 is 14.9. The molecule has 0 saturated heterocycles. The van der Waals surface area contributed by atoms with Crippen molar-refractivity contribution in [3.05, 3.63) is 82.8 Å². The highest BCUT2D eigenvalue weighted by Gasteiger charge is 2.33. The maximum absolute atomic E-state index is 13.4. The standard InChI is InChI=1S/C19H17FN6O/c1-12-16(18(27)21-11-13-5-3-2-4-6-13)17(14-7-9-15(20)10-8-14)26-19(22-12)23-24-25-26/h2-10,17H,11H2,1H3,(H,21,27)(H,22,23,25)/t17-/m1/s1. The van der Waals surface area contributed by atoms with Gasteiger partial charge in [-0.05, 0) is 40.6 Å². The third-order valence-corrected chi connectivity index (χ3v) is 4.44. The molecule has 1 amide bonds. The van der Waals surface area contributed by atoms with Crippen LogP contribution in [0.2, 0.25) is 0 Å². The van der Waals surface area contributed by atoms with Gasteiger partial charge in [-0.15, -0.1) is 0 Å². The Kier molecular flexibility index (Phi) is 4.37. The van der Waals surface area contributed by atoms with Gasteiger partial charge >= 0.3 is 0 Å². The fraction of sp³-hybridized carbons (Fsp3) is 0.158. The molecule has 1 aliphatic rings. The second-order valence-electron chi connectivity index (χ2n) is 6.23. The summed E-state index contributed by atoms with van der Waals surface area (Å²) >= 11 is 0. The Bertz CT molecular complexity index is 997. The molecular formula is C19H17FN6O. The van der Waals surface area contributed by atoms with Crippen molar-refractivity contribution in [1.29, 1.82) is 0 Å². The molecule has 1 aliphatic heterocycles. The first-order valence-corrected chi connectivity index (χ1v) is 8.47. The minimum Gasteiger partial charge on any atom is -0.348 e. The molecule has 3 aromatic rings. The molecular weight excluding hydrogens is 347 g/mol. The maximum atomic E-state index is 13.4. The summed E-state index contributed by atoms with van der Waals surface area (Å²) in [7, 11) is 0. The predicted octanol–water partition coefficient (Wildman–Crippen LogP) is 2.42. The van der Waals surface area contributed by atoms with Gasteiger partial charge in [0.05, 0.1) is 5.57 Å². The number of amides is 1. The number of benzene rings is 2. The molecule has 8 heteroatoms. The molecule has 0 aliphatic carbocycles. The summed E-state index contributed by atoms with van der Waals surface area (Å²) in [4.78, 5) is 13.0. The number of carbonyl (C=O) groups excluding carboxylic acids is 1. The molecule has 0 bridgehead atoms. The van der Waals surface area contributed by atoms with E-state index in [9.17, 15) is 9.18 Å². The van der Waals surface area contributed by atoms with Crippen molar-refractivity contribution in [3.63, 3.8) is 0 Å². The van der Waals surface area contributed by atoms with Gasteiger partial charge in [0.1, 0.15) is 11.9 Å². The molecule has 2 N–H and O–H groups in total. The number of hydrogen-bond acceptors (Lipinski definition) is 5. The van der Waals surface area contributed by atoms with Gasteiger partial charge in [-0.3, -0.25) is 4.79 Å². The van der Waals surface area contributed by atoms with E-state index in [1.165, 1.54) is 16.8 Å². The Morgan fingerprint density at radius 1 is 1.19 bits per heavy atom. The van der Waals surface area contributed by atoms with Crippen LogP contribution in [0.15, 0.2) is 65.9 Å². The Morgan fingerprint density at radius 3 is 2.67 bits per heavy atom. The van der Waals surface area contributed by atoms with Crippen LogP contribution in [0.5, 0.6) is 0 Å². The van der Waals surface area contributed by atoms with Crippen molar-refractivity contribution >= 4 is 11.9 Å². The van der Waals surface area contributed by atoms with E-state index in [2.05, 4.69) is 26.2 Å². The van der Waals surface area contributed by atoms with Crippen molar-refractivity contribution in [2.75, 3.05) is 5.32 Å². The third-order valence-electron chi connectivity index (χ3n) is 4.44. The van der Waals surface area contributed by atoms with Gasteiger partial charge in [0, 0.05) is 12.2 Å².